The Labute approximate surface area is 154 Å². The molecular weight excluding hydrogens is 360 g/mol. The number of ether oxygens (including phenoxy) is 2. The third kappa shape index (κ3) is 5.53. The predicted molar refractivity (Wildman–Crippen MR) is 88.0 cm³/mol. The highest BCUT2D eigenvalue weighted by Crippen LogP contribution is 2.16. The van der Waals surface area contributed by atoms with E-state index in [1.165, 1.54) is 26.2 Å². The van der Waals surface area contributed by atoms with E-state index in [9.17, 15) is 24.0 Å². The highest BCUT2D eigenvalue weighted by molar-refractivity contribution is 6.01. The summed E-state index contributed by atoms with van der Waals surface area (Å²) in [5, 5.41) is 2.84. The van der Waals surface area contributed by atoms with E-state index in [4.69, 9.17) is 9.57 Å². The maximum Gasteiger partial charge on any atom is 0.513 e. The number of hydroxylamine groups is 2. The zero-order chi connectivity index (χ0) is 20.0. The number of carbonyl (C=O) groups excluding carboxylic acids is 5. The normalized spacial score (nSPS) is 14.5. The maximum absolute atomic E-state index is 12.3. The van der Waals surface area contributed by atoms with Gasteiger partial charge in [-0.1, -0.05) is 12.1 Å². The Kier molecular flexibility index (Phi) is 6.47. The molecule has 1 fully saturated rings. The van der Waals surface area contributed by atoms with Gasteiger partial charge in [-0.25, -0.2) is 9.59 Å². The SMILES string of the molecule is COC(=O)Oc1ccc(CC(NC(C)=O)C(=O)ON2C(=O)CCC2=O)cc1. The quantitative estimate of drug-likeness (QED) is 0.430. The van der Waals surface area contributed by atoms with E-state index >= 15 is 0 Å². The molecule has 1 aromatic rings. The Morgan fingerprint density at radius 2 is 1.70 bits per heavy atom. The van der Waals surface area contributed by atoms with Crippen molar-refractivity contribution in [3.63, 3.8) is 0 Å². The van der Waals surface area contributed by atoms with E-state index in [0.717, 1.165) is 0 Å². The Hall–Kier alpha value is -3.43. The highest BCUT2D eigenvalue weighted by Gasteiger charge is 2.35. The molecule has 1 N–H and O–H groups in total. The lowest BCUT2D eigenvalue weighted by Crippen LogP contribution is -2.45. The summed E-state index contributed by atoms with van der Waals surface area (Å²) >= 11 is 0. The number of rotatable bonds is 6. The van der Waals surface area contributed by atoms with Crippen LogP contribution in [0.4, 0.5) is 4.79 Å². The van der Waals surface area contributed by atoms with E-state index in [1.54, 1.807) is 12.1 Å². The molecule has 0 bridgehead atoms. The van der Waals surface area contributed by atoms with Crippen molar-refractivity contribution in [1.82, 2.24) is 10.4 Å². The summed E-state index contributed by atoms with van der Waals surface area (Å²) in [7, 11) is 1.18. The van der Waals surface area contributed by atoms with Gasteiger partial charge in [0.05, 0.1) is 7.11 Å². The molecule has 0 saturated carbocycles. The summed E-state index contributed by atoms with van der Waals surface area (Å²) < 4.78 is 9.22. The molecule has 0 aliphatic carbocycles. The molecule has 1 saturated heterocycles. The van der Waals surface area contributed by atoms with Gasteiger partial charge >= 0.3 is 12.1 Å². The second-order valence-corrected chi connectivity index (χ2v) is 5.65. The monoisotopic (exact) mass is 378 g/mol. The molecule has 10 heteroatoms. The lowest BCUT2D eigenvalue weighted by Gasteiger charge is -2.19. The lowest BCUT2D eigenvalue weighted by atomic mass is 10.1. The largest absolute Gasteiger partial charge is 0.513 e. The van der Waals surface area contributed by atoms with Gasteiger partial charge in [0.1, 0.15) is 11.8 Å². The first-order chi connectivity index (χ1) is 12.8. The van der Waals surface area contributed by atoms with E-state index in [2.05, 4.69) is 10.1 Å². The topological polar surface area (TPSA) is 128 Å². The zero-order valence-electron chi connectivity index (χ0n) is 14.7. The third-order valence-electron chi connectivity index (χ3n) is 3.58. The van der Waals surface area contributed by atoms with Crippen molar-refractivity contribution in [2.45, 2.75) is 32.2 Å². The van der Waals surface area contributed by atoms with Gasteiger partial charge in [-0.3, -0.25) is 14.4 Å². The molecule has 0 aromatic heterocycles. The Morgan fingerprint density at radius 3 is 2.22 bits per heavy atom. The third-order valence-corrected chi connectivity index (χ3v) is 3.58. The van der Waals surface area contributed by atoms with Crippen molar-refractivity contribution in [2.75, 3.05) is 7.11 Å². The molecule has 1 heterocycles. The van der Waals surface area contributed by atoms with E-state index in [0.29, 0.717) is 10.6 Å². The Bertz CT molecular complexity index is 743. The number of hydrogen-bond donors (Lipinski definition) is 1. The average molecular weight is 378 g/mol. The summed E-state index contributed by atoms with van der Waals surface area (Å²) in [6, 6.07) is 5.00. The van der Waals surface area contributed by atoms with Crippen LogP contribution >= 0.6 is 0 Å². The van der Waals surface area contributed by atoms with Crippen LogP contribution in [0.3, 0.4) is 0 Å². The van der Waals surface area contributed by atoms with E-state index in [1.807, 2.05) is 0 Å². The predicted octanol–water partition coefficient (Wildman–Crippen LogP) is 0.486. The van der Waals surface area contributed by atoms with Crippen LogP contribution < -0.4 is 10.1 Å². The second kappa shape index (κ2) is 8.79. The van der Waals surface area contributed by atoms with E-state index < -0.39 is 35.9 Å². The van der Waals surface area contributed by atoms with Crippen molar-refractivity contribution in [1.29, 1.82) is 0 Å². The molecule has 144 valence electrons. The molecule has 2 rings (SSSR count). The van der Waals surface area contributed by atoms with Gasteiger partial charge in [-0.15, -0.1) is 5.06 Å². The van der Waals surface area contributed by atoms with Crippen LogP contribution in [0.15, 0.2) is 24.3 Å². The van der Waals surface area contributed by atoms with Crippen molar-refractivity contribution < 1.29 is 38.3 Å². The molecule has 1 aromatic carbocycles. The Balaban J connectivity index is 2.06. The van der Waals surface area contributed by atoms with Gasteiger partial charge in [-0.2, -0.15) is 0 Å². The first-order valence-electron chi connectivity index (χ1n) is 7.99. The fourth-order valence-electron chi connectivity index (χ4n) is 2.32. The van der Waals surface area contributed by atoms with Gasteiger partial charge < -0.3 is 19.6 Å². The summed E-state index contributed by atoms with van der Waals surface area (Å²) in [6.45, 7) is 1.22. The highest BCUT2D eigenvalue weighted by atomic mass is 16.7. The molecular formula is C17H18N2O8. The van der Waals surface area contributed by atoms with Crippen LogP contribution in [0, 0.1) is 0 Å². The van der Waals surface area contributed by atoms with Crippen LogP contribution in [0.5, 0.6) is 5.75 Å². The summed E-state index contributed by atoms with van der Waals surface area (Å²) in [4.78, 5) is 62.7. The van der Waals surface area contributed by atoms with Crippen LogP contribution in [0.25, 0.3) is 0 Å². The van der Waals surface area contributed by atoms with Crippen molar-refractivity contribution in [2.24, 2.45) is 0 Å². The molecule has 27 heavy (non-hydrogen) atoms. The average Bonchev–Trinajstić information content (AvgIpc) is 2.94. The molecule has 0 spiro atoms. The zero-order valence-corrected chi connectivity index (χ0v) is 14.7. The van der Waals surface area contributed by atoms with Gasteiger partial charge in [-0.05, 0) is 17.7 Å². The standard InChI is InChI=1S/C17H18N2O8/c1-10(20)18-13(16(23)27-19-14(21)7-8-15(19)22)9-11-3-5-12(6-4-11)26-17(24)25-2/h3-6,13H,7-9H2,1-2H3,(H,18,20). The van der Waals surface area contributed by atoms with Crippen molar-refractivity contribution >= 4 is 29.8 Å². The molecule has 1 aliphatic heterocycles. The molecule has 1 aliphatic rings. The second-order valence-electron chi connectivity index (χ2n) is 5.65. The fourth-order valence-corrected chi connectivity index (χ4v) is 2.32. The first kappa shape index (κ1) is 19.9. The first-order valence-corrected chi connectivity index (χ1v) is 7.99. The van der Waals surface area contributed by atoms with Crippen LogP contribution in [-0.2, 0) is 35.2 Å². The fraction of sp³-hybridized carbons (Fsp3) is 0.353. The number of amides is 3. The van der Waals surface area contributed by atoms with Crippen LogP contribution in [-0.4, -0.2) is 48.1 Å². The smallest absolute Gasteiger partial charge is 0.437 e. The number of hydrogen-bond acceptors (Lipinski definition) is 8. The molecule has 10 nitrogen and oxygen atoms in total. The lowest BCUT2D eigenvalue weighted by molar-refractivity contribution is -0.199. The minimum atomic E-state index is -1.11. The van der Waals surface area contributed by atoms with Crippen molar-refractivity contribution in [3.8, 4) is 5.75 Å². The number of benzene rings is 1. The van der Waals surface area contributed by atoms with E-state index in [-0.39, 0.29) is 25.0 Å². The minimum Gasteiger partial charge on any atom is -0.437 e. The maximum atomic E-state index is 12.3. The van der Waals surface area contributed by atoms with Gasteiger partial charge in [0.25, 0.3) is 11.8 Å². The summed E-state index contributed by atoms with van der Waals surface area (Å²) in [6.07, 6.45) is -0.896. The Morgan fingerprint density at radius 1 is 1.11 bits per heavy atom. The number of nitrogens with one attached hydrogen (secondary N) is 1. The van der Waals surface area contributed by atoms with Crippen LogP contribution in [0.1, 0.15) is 25.3 Å². The number of carbonyl (C=O) groups is 5. The van der Waals surface area contributed by atoms with Crippen molar-refractivity contribution in [3.05, 3.63) is 29.8 Å². The number of nitrogens with zero attached hydrogens (tertiary/aromatic N) is 1. The molecule has 1 unspecified atom stereocenters. The number of imide groups is 1. The van der Waals surface area contributed by atoms with Gasteiger partial charge in [0.15, 0.2) is 0 Å². The summed E-state index contributed by atoms with van der Waals surface area (Å²) in [5.41, 5.74) is 0.613. The molecule has 3 amide bonds. The molecule has 1 atom stereocenters. The minimum absolute atomic E-state index is 0.0292. The summed E-state index contributed by atoms with van der Waals surface area (Å²) in [5.74, 6) is -2.42. The van der Waals surface area contributed by atoms with Gasteiger partial charge in [0, 0.05) is 26.2 Å². The molecule has 0 radical (unpaired) electrons. The van der Waals surface area contributed by atoms with Crippen LogP contribution in [0.2, 0.25) is 0 Å². The van der Waals surface area contributed by atoms with Gasteiger partial charge in [0.2, 0.25) is 5.91 Å². The number of methoxy groups -OCH3 is 1.